The fourth-order valence-electron chi connectivity index (χ4n) is 5.08. The summed E-state index contributed by atoms with van der Waals surface area (Å²) >= 11 is 12.1. The summed E-state index contributed by atoms with van der Waals surface area (Å²) in [5, 5.41) is 14.9. The number of benzene rings is 2. The first kappa shape index (κ1) is 29.4. The molecule has 2 aromatic rings. The van der Waals surface area contributed by atoms with Crippen LogP contribution in [-0.4, -0.2) is 54.1 Å². The molecule has 2 aliphatic rings. The molecule has 4 rings (SSSR count). The van der Waals surface area contributed by atoms with Crippen LogP contribution in [0.3, 0.4) is 0 Å². The molecule has 1 heterocycles. The van der Waals surface area contributed by atoms with Gasteiger partial charge in [-0.05, 0) is 61.6 Å². The van der Waals surface area contributed by atoms with Crippen molar-refractivity contribution in [2.24, 2.45) is 11.3 Å². The lowest BCUT2D eigenvalue weighted by Crippen LogP contribution is -2.43. The lowest BCUT2D eigenvalue weighted by molar-refractivity contribution is -0.121. The summed E-state index contributed by atoms with van der Waals surface area (Å²) in [6, 6.07) is 12.3. The second-order valence-corrected chi connectivity index (χ2v) is 12.0. The zero-order valence-electron chi connectivity index (χ0n) is 21.7. The van der Waals surface area contributed by atoms with E-state index in [-0.39, 0.29) is 40.5 Å². The van der Waals surface area contributed by atoms with E-state index in [2.05, 4.69) is 36.3 Å². The molecular weight excluding hydrogens is 516 g/mol. The largest absolute Gasteiger partial charge is 0.393 e. The average molecular weight is 553 g/mol. The van der Waals surface area contributed by atoms with Crippen LogP contribution in [0.4, 0.5) is 10.1 Å². The SMILES string of the molecule is CN1CC(c2cccc(Cl)c2F)C(C(=O)Nc2cccc(Cl)c2)C1CC(C)(C)C.O=CNC1CC(O)C1. The zero-order chi connectivity index (χ0) is 27.3. The van der Waals surface area contributed by atoms with Crippen molar-refractivity contribution in [1.29, 1.82) is 0 Å². The van der Waals surface area contributed by atoms with Gasteiger partial charge < -0.3 is 20.6 Å². The van der Waals surface area contributed by atoms with Crippen molar-refractivity contribution in [3.63, 3.8) is 0 Å². The molecule has 2 fully saturated rings. The van der Waals surface area contributed by atoms with Crippen LogP contribution in [-0.2, 0) is 9.59 Å². The number of anilines is 1. The number of halogens is 3. The Morgan fingerprint density at radius 3 is 2.46 bits per heavy atom. The average Bonchev–Trinajstić information content (AvgIpc) is 3.09. The molecule has 1 aliphatic heterocycles. The predicted molar refractivity (Wildman–Crippen MR) is 146 cm³/mol. The van der Waals surface area contributed by atoms with Gasteiger partial charge in [0, 0.05) is 35.3 Å². The fraction of sp³-hybridized carbons (Fsp3) is 0.500. The topological polar surface area (TPSA) is 81.7 Å². The second-order valence-electron chi connectivity index (χ2n) is 11.2. The van der Waals surface area contributed by atoms with Gasteiger partial charge in [-0.1, -0.05) is 62.2 Å². The van der Waals surface area contributed by atoms with E-state index in [1.165, 1.54) is 6.07 Å². The number of likely N-dealkylation sites (N-methyl/N-ethyl adjacent to an activating group) is 1. The normalized spacial score (nSPS) is 25.5. The van der Waals surface area contributed by atoms with Crippen LogP contribution >= 0.6 is 23.2 Å². The molecule has 9 heteroatoms. The minimum atomic E-state index is -0.440. The highest BCUT2D eigenvalue weighted by Gasteiger charge is 2.47. The number of nitrogens with one attached hydrogen (secondary N) is 2. The van der Waals surface area contributed by atoms with Crippen molar-refractivity contribution in [3.8, 4) is 0 Å². The molecule has 0 aromatic heterocycles. The van der Waals surface area contributed by atoms with Gasteiger partial charge in [0.2, 0.25) is 12.3 Å². The number of carbonyl (C=O) groups is 2. The fourth-order valence-corrected chi connectivity index (χ4v) is 5.45. The second kappa shape index (κ2) is 12.6. The van der Waals surface area contributed by atoms with Crippen molar-refractivity contribution in [3.05, 3.63) is 63.9 Å². The van der Waals surface area contributed by atoms with E-state index < -0.39 is 11.7 Å². The Morgan fingerprint density at radius 2 is 1.86 bits per heavy atom. The van der Waals surface area contributed by atoms with E-state index in [1.54, 1.807) is 36.4 Å². The zero-order valence-corrected chi connectivity index (χ0v) is 23.2. The Kier molecular flexibility index (Phi) is 9.98. The van der Waals surface area contributed by atoms with Crippen LogP contribution in [0.1, 0.15) is 51.5 Å². The first-order chi connectivity index (χ1) is 17.4. The Bertz CT molecular complexity index is 1090. The number of hydrogen-bond donors (Lipinski definition) is 3. The summed E-state index contributed by atoms with van der Waals surface area (Å²) in [6.45, 7) is 7.05. The molecule has 2 amide bonds. The number of nitrogens with zero attached hydrogens (tertiary/aromatic N) is 1. The number of hydrogen-bond acceptors (Lipinski definition) is 4. The first-order valence-corrected chi connectivity index (χ1v) is 13.2. The number of aliphatic hydroxyl groups excluding tert-OH is 1. The van der Waals surface area contributed by atoms with Gasteiger partial charge in [-0.3, -0.25) is 9.59 Å². The monoisotopic (exact) mass is 551 g/mol. The van der Waals surface area contributed by atoms with E-state index in [0.29, 0.717) is 29.2 Å². The summed E-state index contributed by atoms with van der Waals surface area (Å²) < 4.78 is 14.9. The first-order valence-electron chi connectivity index (χ1n) is 12.5. The highest BCUT2D eigenvalue weighted by Crippen LogP contribution is 2.43. The summed E-state index contributed by atoms with van der Waals surface area (Å²) in [4.78, 5) is 25.3. The van der Waals surface area contributed by atoms with E-state index in [9.17, 15) is 14.0 Å². The van der Waals surface area contributed by atoms with Crippen molar-refractivity contribution in [2.75, 3.05) is 18.9 Å². The highest BCUT2D eigenvalue weighted by molar-refractivity contribution is 6.31. The Balaban J connectivity index is 0.000000405. The number of rotatable bonds is 6. The molecular formula is C28H36Cl2FN3O3. The van der Waals surface area contributed by atoms with Gasteiger partial charge in [0.1, 0.15) is 5.82 Å². The molecule has 0 spiro atoms. The van der Waals surface area contributed by atoms with Crippen molar-refractivity contribution >= 4 is 41.2 Å². The summed E-state index contributed by atoms with van der Waals surface area (Å²) in [6.07, 6.45) is 2.76. The standard InChI is InChI=1S/C23H27Cl2FN2O.C5H9NO2/c1-23(2,3)12-19-20(22(29)27-15-8-5-7-14(24)11-15)17(13-28(19)4)16-9-6-10-18(25)21(16)26;7-3-6-4-1-5(8)2-4/h5-11,17,19-20H,12-13H2,1-4H3,(H,27,29);3-5,8H,1-2H2,(H,6,7). The number of likely N-dealkylation sites (tertiary alicyclic amines) is 1. The van der Waals surface area contributed by atoms with Crippen molar-refractivity contribution in [1.82, 2.24) is 10.2 Å². The quantitative estimate of drug-likeness (QED) is 0.415. The smallest absolute Gasteiger partial charge is 0.229 e. The number of aliphatic hydroxyl groups is 1. The lowest BCUT2D eigenvalue weighted by atomic mass is 9.78. The molecule has 3 atom stereocenters. The van der Waals surface area contributed by atoms with Gasteiger partial charge in [-0.15, -0.1) is 0 Å². The van der Waals surface area contributed by atoms with Crippen LogP contribution in [0.2, 0.25) is 10.0 Å². The van der Waals surface area contributed by atoms with E-state index >= 15 is 0 Å². The van der Waals surface area contributed by atoms with Gasteiger partial charge in [-0.25, -0.2) is 4.39 Å². The van der Waals surface area contributed by atoms with Crippen LogP contribution in [0.25, 0.3) is 0 Å². The molecule has 1 saturated carbocycles. The van der Waals surface area contributed by atoms with Gasteiger partial charge in [0.05, 0.1) is 17.0 Å². The third-order valence-corrected chi connectivity index (χ3v) is 7.44. The summed E-state index contributed by atoms with van der Waals surface area (Å²) in [7, 11) is 2.00. The Morgan fingerprint density at radius 1 is 1.19 bits per heavy atom. The summed E-state index contributed by atoms with van der Waals surface area (Å²) in [5.74, 6) is -1.27. The molecule has 3 N–H and O–H groups in total. The minimum Gasteiger partial charge on any atom is -0.393 e. The highest BCUT2D eigenvalue weighted by atomic mass is 35.5. The molecule has 0 radical (unpaired) electrons. The predicted octanol–water partition coefficient (Wildman–Crippen LogP) is 5.48. The van der Waals surface area contributed by atoms with Gasteiger partial charge in [-0.2, -0.15) is 0 Å². The van der Waals surface area contributed by atoms with E-state index in [4.69, 9.17) is 28.3 Å². The number of amides is 2. The molecule has 1 aliphatic carbocycles. The van der Waals surface area contributed by atoms with Crippen molar-refractivity contribution < 1.29 is 19.1 Å². The van der Waals surface area contributed by atoms with Crippen LogP contribution in [0.5, 0.6) is 0 Å². The maximum atomic E-state index is 14.9. The van der Waals surface area contributed by atoms with Crippen LogP contribution in [0, 0.1) is 17.2 Å². The van der Waals surface area contributed by atoms with Gasteiger partial charge in [0.25, 0.3) is 0 Å². The third kappa shape index (κ3) is 7.90. The molecule has 202 valence electrons. The maximum absolute atomic E-state index is 14.9. The molecule has 1 saturated heterocycles. The van der Waals surface area contributed by atoms with E-state index in [0.717, 1.165) is 19.3 Å². The Labute approximate surface area is 228 Å². The Hall–Kier alpha value is -2.19. The molecule has 3 unspecified atom stereocenters. The van der Waals surface area contributed by atoms with Crippen molar-refractivity contribution in [2.45, 2.75) is 64.1 Å². The molecule has 2 aromatic carbocycles. The molecule has 37 heavy (non-hydrogen) atoms. The van der Waals surface area contributed by atoms with Crippen LogP contribution in [0.15, 0.2) is 42.5 Å². The van der Waals surface area contributed by atoms with Gasteiger partial charge >= 0.3 is 0 Å². The lowest BCUT2D eigenvalue weighted by Gasteiger charge is -2.31. The third-order valence-electron chi connectivity index (χ3n) is 6.91. The maximum Gasteiger partial charge on any atom is 0.229 e. The molecule has 6 nitrogen and oxygen atoms in total. The van der Waals surface area contributed by atoms with Crippen LogP contribution < -0.4 is 10.6 Å². The summed E-state index contributed by atoms with van der Waals surface area (Å²) in [5.41, 5.74) is 1.15. The number of carbonyl (C=O) groups excluding carboxylic acids is 2. The molecule has 0 bridgehead atoms. The minimum absolute atomic E-state index is 0.0161. The van der Waals surface area contributed by atoms with Gasteiger partial charge in [0.15, 0.2) is 0 Å². The van der Waals surface area contributed by atoms with E-state index in [1.807, 2.05) is 7.05 Å².